The fraction of sp³-hybridized carbons (Fsp3) is 0.0909. The molecule has 2 aromatic carbocycles. The predicted molar refractivity (Wildman–Crippen MR) is 111 cm³/mol. The van der Waals surface area contributed by atoms with Crippen LogP contribution in [0.1, 0.15) is 21.5 Å². The Morgan fingerprint density at radius 2 is 1.67 bits per heavy atom. The topological polar surface area (TPSA) is 38.1 Å². The van der Waals surface area contributed by atoms with Crippen LogP contribution in [0.4, 0.5) is 0 Å². The molecule has 0 saturated carbocycles. The second-order valence-electron chi connectivity index (χ2n) is 6.42. The molecule has 0 unspecified atom stereocenters. The third-order valence-electron chi connectivity index (χ3n) is 4.55. The van der Waals surface area contributed by atoms with Crippen molar-refractivity contribution < 1.29 is 4.79 Å². The lowest BCUT2D eigenvalue weighted by Crippen LogP contribution is -2.21. The Hall–Kier alpha value is -3.05. The maximum Gasteiger partial charge on any atom is 0.263 e. The van der Waals surface area contributed by atoms with Crippen LogP contribution in [0, 0.1) is 0 Å². The summed E-state index contributed by atoms with van der Waals surface area (Å²) in [6, 6.07) is 21.9. The number of carbonyl (C=O) groups is 1. The highest BCUT2D eigenvalue weighted by atomic mass is 32.1. The zero-order valence-electron chi connectivity index (χ0n) is 14.7. The van der Waals surface area contributed by atoms with Gasteiger partial charge in [-0.05, 0) is 52.9 Å². The van der Waals surface area contributed by atoms with Gasteiger partial charge in [0.1, 0.15) is 0 Å². The molecule has 0 fully saturated rings. The van der Waals surface area contributed by atoms with Crippen LogP contribution < -0.4 is 0 Å². The Bertz CT molecular complexity index is 1060. The number of thiol groups is 1. The number of para-hydroxylation sites is 1. The van der Waals surface area contributed by atoms with Gasteiger partial charge >= 0.3 is 0 Å². The molecule has 0 N–H and O–H groups in total. The van der Waals surface area contributed by atoms with Gasteiger partial charge in [0.05, 0.1) is 6.54 Å². The molecule has 0 aliphatic heterocycles. The summed E-state index contributed by atoms with van der Waals surface area (Å²) in [6.45, 7) is 1.20. The molecule has 5 heteroatoms. The van der Waals surface area contributed by atoms with Gasteiger partial charge in [0, 0.05) is 36.2 Å². The third-order valence-corrected chi connectivity index (χ3v) is 4.87. The molecule has 4 nitrogen and oxygen atoms in total. The van der Waals surface area contributed by atoms with Gasteiger partial charge in [-0.1, -0.05) is 43.1 Å². The summed E-state index contributed by atoms with van der Waals surface area (Å²) in [5, 5.41) is 1.23. The number of aromatic nitrogens is 2. The van der Waals surface area contributed by atoms with E-state index in [-0.39, 0.29) is 5.91 Å². The zero-order chi connectivity index (χ0) is 18.6. The van der Waals surface area contributed by atoms with Gasteiger partial charge in [-0.3, -0.25) is 14.1 Å². The SMILES string of the molecule is O=C(c1ccc(Cn2ccc3ccccc32)cc1)N(S)Cc1ccncc1. The van der Waals surface area contributed by atoms with E-state index in [0.29, 0.717) is 12.1 Å². The van der Waals surface area contributed by atoms with Crippen LogP contribution in [0.5, 0.6) is 0 Å². The molecule has 0 aliphatic carbocycles. The van der Waals surface area contributed by atoms with Crippen molar-refractivity contribution in [2.24, 2.45) is 0 Å². The number of amides is 1. The van der Waals surface area contributed by atoms with E-state index in [9.17, 15) is 4.79 Å². The smallest absolute Gasteiger partial charge is 0.263 e. The minimum absolute atomic E-state index is 0.117. The molecule has 0 aliphatic rings. The summed E-state index contributed by atoms with van der Waals surface area (Å²) < 4.78 is 3.63. The first kappa shape index (κ1) is 17.4. The van der Waals surface area contributed by atoms with E-state index >= 15 is 0 Å². The summed E-state index contributed by atoms with van der Waals surface area (Å²) in [6.07, 6.45) is 5.51. The third kappa shape index (κ3) is 3.88. The molecule has 0 radical (unpaired) electrons. The lowest BCUT2D eigenvalue weighted by atomic mass is 10.1. The van der Waals surface area contributed by atoms with Crippen molar-refractivity contribution in [2.75, 3.05) is 0 Å². The van der Waals surface area contributed by atoms with Crippen molar-refractivity contribution in [3.05, 3.63) is 102 Å². The maximum absolute atomic E-state index is 12.6. The average molecular weight is 373 g/mol. The summed E-state index contributed by atoms with van der Waals surface area (Å²) in [4.78, 5) is 16.6. The fourth-order valence-corrected chi connectivity index (χ4v) is 3.39. The highest BCUT2D eigenvalue weighted by Gasteiger charge is 2.13. The highest BCUT2D eigenvalue weighted by molar-refractivity contribution is 7.78. The number of hydrogen-bond acceptors (Lipinski definition) is 3. The van der Waals surface area contributed by atoms with Gasteiger partial charge in [-0.15, -0.1) is 0 Å². The van der Waals surface area contributed by atoms with Crippen LogP contribution in [0.25, 0.3) is 10.9 Å². The number of hydrogen-bond donors (Lipinski definition) is 1. The maximum atomic E-state index is 12.6. The minimum Gasteiger partial charge on any atom is -0.343 e. The molecule has 1 amide bonds. The Labute approximate surface area is 163 Å². The number of fused-ring (bicyclic) bond motifs is 1. The number of pyridine rings is 1. The van der Waals surface area contributed by atoms with Crippen molar-refractivity contribution in [3.63, 3.8) is 0 Å². The average Bonchev–Trinajstić information content (AvgIpc) is 3.12. The lowest BCUT2D eigenvalue weighted by Gasteiger charge is -2.16. The standard InChI is InChI=1S/C22H19N3OS/c26-22(25(27)16-18-9-12-23-13-10-18)20-7-5-17(6-8-20)15-24-14-11-19-3-1-2-4-21(19)24/h1-14,27H,15-16H2. The Morgan fingerprint density at radius 3 is 2.44 bits per heavy atom. The molecule has 2 aromatic heterocycles. The second kappa shape index (κ2) is 7.68. The van der Waals surface area contributed by atoms with Gasteiger partial charge in [0.25, 0.3) is 5.91 Å². The summed E-state index contributed by atoms with van der Waals surface area (Å²) in [5.74, 6) is -0.117. The van der Waals surface area contributed by atoms with Crippen molar-refractivity contribution in [1.82, 2.24) is 13.9 Å². The molecule has 0 saturated heterocycles. The second-order valence-corrected chi connectivity index (χ2v) is 6.90. The minimum atomic E-state index is -0.117. The Kier molecular flexibility index (Phi) is 4.94. The van der Waals surface area contributed by atoms with E-state index < -0.39 is 0 Å². The molecular formula is C22H19N3OS. The van der Waals surface area contributed by atoms with Gasteiger partial charge in [-0.25, -0.2) is 0 Å². The van der Waals surface area contributed by atoms with Gasteiger partial charge < -0.3 is 4.57 Å². The fourth-order valence-electron chi connectivity index (χ4n) is 3.11. The molecule has 2 heterocycles. The van der Waals surface area contributed by atoms with Gasteiger partial charge in [-0.2, -0.15) is 0 Å². The molecule has 27 heavy (non-hydrogen) atoms. The Balaban J connectivity index is 1.46. The van der Waals surface area contributed by atoms with E-state index in [1.807, 2.05) is 48.5 Å². The number of nitrogens with zero attached hydrogens (tertiary/aromatic N) is 3. The largest absolute Gasteiger partial charge is 0.343 e. The molecule has 0 atom stereocenters. The number of benzene rings is 2. The highest BCUT2D eigenvalue weighted by Crippen LogP contribution is 2.18. The first-order valence-electron chi connectivity index (χ1n) is 8.73. The van der Waals surface area contributed by atoms with Gasteiger partial charge in [0.15, 0.2) is 0 Å². The van der Waals surface area contributed by atoms with Crippen LogP contribution in [0.15, 0.2) is 85.3 Å². The monoisotopic (exact) mass is 373 g/mol. The van der Waals surface area contributed by atoms with Crippen molar-refractivity contribution in [2.45, 2.75) is 13.1 Å². The van der Waals surface area contributed by atoms with E-state index in [4.69, 9.17) is 0 Å². The van der Waals surface area contributed by atoms with E-state index in [0.717, 1.165) is 17.7 Å². The quantitative estimate of drug-likeness (QED) is 0.520. The Morgan fingerprint density at radius 1 is 0.926 bits per heavy atom. The van der Waals surface area contributed by atoms with Crippen LogP contribution in [-0.2, 0) is 13.1 Å². The normalized spacial score (nSPS) is 10.9. The zero-order valence-corrected chi connectivity index (χ0v) is 15.6. The molecule has 134 valence electrons. The molecule has 4 rings (SSSR count). The van der Waals surface area contributed by atoms with E-state index in [2.05, 4.69) is 46.8 Å². The summed E-state index contributed by atoms with van der Waals surface area (Å²) in [7, 11) is 0. The molecular weight excluding hydrogens is 354 g/mol. The first-order valence-corrected chi connectivity index (χ1v) is 9.13. The molecule has 4 aromatic rings. The van der Waals surface area contributed by atoms with Crippen LogP contribution >= 0.6 is 12.8 Å². The van der Waals surface area contributed by atoms with E-state index in [1.165, 1.54) is 15.2 Å². The predicted octanol–water partition coefficient (Wildman–Crippen LogP) is 4.57. The van der Waals surface area contributed by atoms with Crippen LogP contribution in [0.2, 0.25) is 0 Å². The van der Waals surface area contributed by atoms with Gasteiger partial charge in [0.2, 0.25) is 0 Å². The lowest BCUT2D eigenvalue weighted by molar-refractivity contribution is 0.0868. The first-order chi connectivity index (χ1) is 13.2. The van der Waals surface area contributed by atoms with Crippen molar-refractivity contribution >= 4 is 29.6 Å². The summed E-state index contributed by atoms with van der Waals surface area (Å²) in [5.41, 5.74) is 3.97. The molecule has 0 spiro atoms. The van der Waals surface area contributed by atoms with Crippen molar-refractivity contribution in [1.29, 1.82) is 0 Å². The summed E-state index contributed by atoms with van der Waals surface area (Å²) >= 11 is 4.34. The van der Waals surface area contributed by atoms with Crippen molar-refractivity contribution in [3.8, 4) is 0 Å². The van der Waals surface area contributed by atoms with E-state index in [1.54, 1.807) is 12.4 Å². The molecule has 0 bridgehead atoms. The number of rotatable bonds is 5. The van der Waals surface area contributed by atoms with Crippen LogP contribution in [-0.4, -0.2) is 19.8 Å². The number of carbonyl (C=O) groups excluding carboxylic acids is 1. The van der Waals surface area contributed by atoms with Crippen LogP contribution in [0.3, 0.4) is 0 Å².